The van der Waals surface area contributed by atoms with E-state index >= 15 is 0 Å². The number of hydrogen-bond donors (Lipinski definition) is 2. The van der Waals surface area contributed by atoms with Gasteiger partial charge in [0.1, 0.15) is 6.54 Å². The molecule has 0 radical (unpaired) electrons. The van der Waals surface area contributed by atoms with Crippen molar-refractivity contribution >= 4 is 17.3 Å². The third kappa shape index (κ3) is 2.63. The van der Waals surface area contributed by atoms with E-state index in [9.17, 15) is 4.79 Å². The number of aromatic nitrogens is 2. The molecule has 0 spiro atoms. The van der Waals surface area contributed by atoms with Gasteiger partial charge in [-0.2, -0.15) is 5.10 Å². The minimum atomic E-state index is -0.0847. The summed E-state index contributed by atoms with van der Waals surface area (Å²) in [5.74, 6) is -0.0847. The zero-order chi connectivity index (χ0) is 15.0. The number of aryl methyl sites for hydroxylation is 3. The first kappa shape index (κ1) is 13.7. The second-order valence-electron chi connectivity index (χ2n) is 5.63. The number of amides is 1. The summed E-state index contributed by atoms with van der Waals surface area (Å²) in [5, 5.41) is 7.22. The van der Waals surface area contributed by atoms with Gasteiger partial charge in [0, 0.05) is 5.69 Å². The van der Waals surface area contributed by atoms with Crippen LogP contribution < -0.4 is 11.1 Å². The molecule has 1 amide bonds. The van der Waals surface area contributed by atoms with Gasteiger partial charge >= 0.3 is 0 Å². The second kappa shape index (κ2) is 5.24. The van der Waals surface area contributed by atoms with Gasteiger partial charge in [0.15, 0.2) is 0 Å². The summed E-state index contributed by atoms with van der Waals surface area (Å²) < 4.78 is 1.65. The Kier molecular flexibility index (Phi) is 3.41. The van der Waals surface area contributed by atoms with E-state index in [0.29, 0.717) is 5.69 Å². The summed E-state index contributed by atoms with van der Waals surface area (Å²) in [6.07, 6.45) is 3.46. The van der Waals surface area contributed by atoms with E-state index in [1.165, 1.54) is 17.5 Å². The van der Waals surface area contributed by atoms with Crippen molar-refractivity contribution in [1.82, 2.24) is 9.78 Å². The summed E-state index contributed by atoms with van der Waals surface area (Å²) in [6.45, 7) is 3.90. The molecule has 5 nitrogen and oxygen atoms in total. The molecule has 5 heteroatoms. The van der Waals surface area contributed by atoms with Crippen molar-refractivity contribution in [2.45, 2.75) is 39.7 Å². The molecule has 3 rings (SSSR count). The van der Waals surface area contributed by atoms with Crippen molar-refractivity contribution in [3.63, 3.8) is 0 Å². The molecule has 2 aromatic rings. The van der Waals surface area contributed by atoms with Crippen molar-refractivity contribution in [3.8, 4) is 0 Å². The summed E-state index contributed by atoms with van der Waals surface area (Å²) in [7, 11) is 0. The fourth-order valence-electron chi connectivity index (χ4n) is 2.85. The molecule has 110 valence electrons. The normalized spacial score (nSPS) is 13.2. The first-order chi connectivity index (χ1) is 10.0. The van der Waals surface area contributed by atoms with Crippen LogP contribution in [-0.2, 0) is 24.2 Å². The minimum absolute atomic E-state index is 0.0847. The van der Waals surface area contributed by atoms with Crippen LogP contribution in [0, 0.1) is 13.8 Å². The van der Waals surface area contributed by atoms with E-state index < -0.39 is 0 Å². The molecule has 0 bridgehead atoms. The zero-order valence-corrected chi connectivity index (χ0v) is 12.4. The number of anilines is 2. The molecule has 3 N–H and O–H groups in total. The van der Waals surface area contributed by atoms with E-state index in [1.807, 2.05) is 19.9 Å². The number of nitrogens with one attached hydrogen (secondary N) is 1. The highest BCUT2D eigenvalue weighted by Gasteiger charge is 2.14. The van der Waals surface area contributed by atoms with Gasteiger partial charge in [-0.3, -0.25) is 9.48 Å². The molecule has 1 aliphatic rings. The Bertz CT molecular complexity index is 703. The van der Waals surface area contributed by atoms with E-state index in [-0.39, 0.29) is 12.5 Å². The Morgan fingerprint density at radius 2 is 2.10 bits per heavy atom. The van der Waals surface area contributed by atoms with E-state index in [1.54, 1.807) is 4.68 Å². The van der Waals surface area contributed by atoms with Gasteiger partial charge < -0.3 is 11.1 Å². The highest BCUT2D eigenvalue weighted by atomic mass is 16.2. The summed E-state index contributed by atoms with van der Waals surface area (Å²) in [5.41, 5.74) is 11.7. The molecule has 0 fully saturated rings. The molecule has 1 aromatic heterocycles. The fraction of sp³-hybridized carbons (Fsp3) is 0.375. The molecule has 1 aliphatic carbocycles. The topological polar surface area (TPSA) is 72.9 Å². The third-order valence-corrected chi connectivity index (χ3v) is 4.11. The van der Waals surface area contributed by atoms with E-state index in [2.05, 4.69) is 22.5 Å². The van der Waals surface area contributed by atoms with Crippen LogP contribution >= 0.6 is 0 Å². The van der Waals surface area contributed by atoms with Crippen LogP contribution in [0.25, 0.3) is 0 Å². The van der Waals surface area contributed by atoms with Crippen molar-refractivity contribution < 1.29 is 4.79 Å². The van der Waals surface area contributed by atoms with Gasteiger partial charge in [-0.1, -0.05) is 6.07 Å². The lowest BCUT2D eigenvalue weighted by Crippen LogP contribution is -2.20. The summed E-state index contributed by atoms with van der Waals surface area (Å²) >= 11 is 0. The van der Waals surface area contributed by atoms with Crippen molar-refractivity contribution in [2.75, 3.05) is 11.1 Å². The molecule has 21 heavy (non-hydrogen) atoms. The standard InChI is InChI=1S/C16H20N4O/c1-10-16(17)11(2)20(19-10)9-15(21)18-14-7-6-12-4-3-5-13(12)8-14/h6-8H,3-5,9,17H2,1-2H3,(H,18,21). The lowest BCUT2D eigenvalue weighted by molar-refractivity contribution is -0.116. The molecular weight excluding hydrogens is 264 g/mol. The Morgan fingerprint density at radius 3 is 2.81 bits per heavy atom. The molecular formula is C16H20N4O. The maximum absolute atomic E-state index is 12.1. The van der Waals surface area contributed by atoms with Gasteiger partial charge in [-0.15, -0.1) is 0 Å². The fourth-order valence-corrected chi connectivity index (χ4v) is 2.85. The predicted molar refractivity (Wildman–Crippen MR) is 83.2 cm³/mol. The second-order valence-corrected chi connectivity index (χ2v) is 5.63. The number of nitrogens with zero attached hydrogens (tertiary/aromatic N) is 2. The minimum Gasteiger partial charge on any atom is -0.396 e. The van der Waals surface area contributed by atoms with Crippen LogP contribution in [0.15, 0.2) is 18.2 Å². The monoisotopic (exact) mass is 284 g/mol. The zero-order valence-electron chi connectivity index (χ0n) is 12.4. The van der Waals surface area contributed by atoms with Gasteiger partial charge in [-0.25, -0.2) is 0 Å². The Labute approximate surface area is 124 Å². The van der Waals surface area contributed by atoms with Gasteiger partial charge in [0.05, 0.1) is 17.1 Å². The first-order valence-electron chi connectivity index (χ1n) is 7.25. The number of carbonyl (C=O) groups excluding carboxylic acids is 1. The number of nitrogens with two attached hydrogens (primary N) is 1. The number of hydrogen-bond acceptors (Lipinski definition) is 3. The maximum Gasteiger partial charge on any atom is 0.246 e. The van der Waals surface area contributed by atoms with Gasteiger partial charge in [0.25, 0.3) is 0 Å². The van der Waals surface area contributed by atoms with E-state index in [4.69, 9.17) is 5.73 Å². The Hall–Kier alpha value is -2.30. The molecule has 0 unspecified atom stereocenters. The van der Waals surface area contributed by atoms with Crippen molar-refractivity contribution in [1.29, 1.82) is 0 Å². The number of fused-ring (bicyclic) bond motifs is 1. The third-order valence-electron chi connectivity index (χ3n) is 4.11. The van der Waals surface area contributed by atoms with Crippen molar-refractivity contribution in [2.24, 2.45) is 0 Å². The van der Waals surface area contributed by atoms with Crippen molar-refractivity contribution in [3.05, 3.63) is 40.7 Å². The van der Waals surface area contributed by atoms with Gasteiger partial charge in [-0.05, 0) is 56.4 Å². The summed E-state index contributed by atoms with van der Waals surface area (Å²) in [6, 6.07) is 6.16. The molecule has 0 saturated heterocycles. The highest BCUT2D eigenvalue weighted by molar-refractivity contribution is 5.90. The summed E-state index contributed by atoms with van der Waals surface area (Å²) in [4.78, 5) is 12.1. The largest absolute Gasteiger partial charge is 0.396 e. The highest BCUT2D eigenvalue weighted by Crippen LogP contribution is 2.25. The number of carbonyl (C=O) groups is 1. The first-order valence-corrected chi connectivity index (χ1v) is 7.25. The van der Waals surface area contributed by atoms with E-state index in [0.717, 1.165) is 29.9 Å². The number of benzene rings is 1. The van der Waals surface area contributed by atoms with Crippen LogP contribution in [0.3, 0.4) is 0 Å². The van der Waals surface area contributed by atoms with Gasteiger partial charge in [0.2, 0.25) is 5.91 Å². The quantitative estimate of drug-likeness (QED) is 0.907. The maximum atomic E-state index is 12.1. The molecule has 0 aliphatic heterocycles. The van der Waals surface area contributed by atoms with Crippen LogP contribution in [0.5, 0.6) is 0 Å². The lowest BCUT2D eigenvalue weighted by Gasteiger charge is -2.08. The smallest absolute Gasteiger partial charge is 0.246 e. The average Bonchev–Trinajstić information content (AvgIpc) is 3.00. The predicted octanol–water partition coefficient (Wildman–Crippen LogP) is 2.21. The molecule has 0 saturated carbocycles. The number of nitrogen functional groups attached to an aromatic ring is 1. The number of rotatable bonds is 3. The Balaban J connectivity index is 1.70. The molecule has 1 aromatic carbocycles. The average molecular weight is 284 g/mol. The molecule has 0 atom stereocenters. The SMILES string of the molecule is Cc1nn(CC(=O)Nc2ccc3c(c2)CCC3)c(C)c1N. The Morgan fingerprint density at radius 1 is 1.33 bits per heavy atom. The van der Waals surface area contributed by atoms with Crippen LogP contribution in [0.1, 0.15) is 28.9 Å². The molecule has 1 heterocycles. The van der Waals surface area contributed by atoms with Crippen LogP contribution in [0.4, 0.5) is 11.4 Å². The van der Waals surface area contributed by atoms with Crippen LogP contribution in [-0.4, -0.2) is 15.7 Å². The lowest BCUT2D eigenvalue weighted by atomic mass is 10.1. The van der Waals surface area contributed by atoms with Crippen LogP contribution in [0.2, 0.25) is 0 Å².